The first-order valence-corrected chi connectivity index (χ1v) is 7.10. The SMILES string of the molecule is CC(CO)C(C)NC(=O)c1ccc(=O)n(-c2ccccc2)n1. The van der Waals surface area contributed by atoms with Gasteiger partial charge in [0.15, 0.2) is 0 Å². The van der Waals surface area contributed by atoms with Crippen molar-refractivity contribution >= 4 is 5.91 Å². The van der Waals surface area contributed by atoms with Gasteiger partial charge in [0.1, 0.15) is 5.69 Å². The Bertz CT molecular complexity index is 697. The molecule has 2 aromatic rings. The van der Waals surface area contributed by atoms with Crippen LogP contribution in [0.5, 0.6) is 0 Å². The summed E-state index contributed by atoms with van der Waals surface area (Å²) in [5.74, 6) is -0.443. The molecule has 2 rings (SSSR count). The molecular weight excluding hydrogens is 282 g/mol. The number of aliphatic hydroxyl groups excluding tert-OH is 1. The minimum atomic E-state index is -0.377. The van der Waals surface area contributed by atoms with Gasteiger partial charge in [-0.2, -0.15) is 9.78 Å². The Balaban J connectivity index is 2.26. The average molecular weight is 301 g/mol. The summed E-state index contributed by atoms with van der Waals surface area (Å²) < 4.78 is 1.19. The van der Waals surface area contributed by atoms with E-state index in [0.717, 1.165) is 0 Å². The zero-order chi connectivity index (χ0) is 16.1. The van der Waals surface area contributed by atoms with Gasteiger partial charge in [-0.25, -0.2) is 0 Å². The molecule has 1 aromatic heterocycles. The van der Waals surface area contributed by atoms with Gasteiger partial charge >= 0.3 is 0 Å². The number of amides is 1. The van der Waals surface area contributed by atoms with Crippen LogP contribution in [-0.4, -0.2) is 33.4 Å². The second kappa shape index (κ2) is 7.00. The molecule has 2 N–H and O–H groups in total. The van der Waals surface area contributed by atoms with Crippen molar-refractivity contribution in [1.82, 2.24) is 15.1 Å². The van der Waals surface area contributed by atoms with Crippen LogP contribution in [0, 0.1) is 5.92 Å². The van der Waals surface area contributed by atoms with E-state index in [4.69, 9.17) is 5.11 Å². The second-order valence-electron chi connectivity index (χ2n) is 5.23. The summed E-state index contributed by atoms with van der Waals surface area (Å²) in [7, 11) is 0. The summed E-state index contributed by atoms with van der Waals surface area (Å²) in [6, 6.07) is 11.4. The fourth-order valence-electron chi connectivity index (χ4n) is 1.87. The van der Waals surface area contributed by atoms with Gasteiger partial charge in [0.25, 0.3) is 11.5 Å². The van der Waals surface area contributed by atoms with E-state index >= 15 is 0 Å². The van der Waals surface area contributed by atoms with E-state index in [1.165, 1.54) is 16.8 Å². The molecule has 1 heterocycles. The lowest BCUT2D eigenvalue weighted by molar-refractivity contribution is 0.0909. The molecule has 0 aliphatic heterocycles. The summed E-state index contributed by atoms with van der Waals surface area (Å²) in [5, 5.41) is 16.0. The zero-order valence-electron chi connectivity index (χ0n) is 12.6. The van der Waals surface area contributed by atoms with Gasteiger partial charge in [-0.1, -0.05) is 25.1 Å². The molecule has 6 heteroatoms. The van der Waals surface area contributed by atoms with Gasteiger partial charge in [0.05, 0.1) is 5.69 Å². The maximum Gasteiger partial charge on any atom is 0.271 e. The molecule has 0 bridgehead atoms. The number of hydrogen-bond acceptors (Lipinski definition) is 4. The van der Waals surface area contributed by atoms with Crippen molar-refractivity contribution in [3.8, 4) is 5.69 Å². The molecule has 0 saturated carbocycles. The Morgan fingerprint density at radius 3 is 2.55 bits per heavy atom. The van der Waals surface area contributed by atoms with Crippen LogP contribution in [0.25, 0.3) is 5.69 Å². The number of aliphatic hydroxyl groups is 1. The van der Waals surface area contributed by atoms with Crippen LogP contribution in [-0.2, 0) is 0 Å². The molecule has 0 fully saturated rings. The molecule has 0 aliphatic rings. The average Bonchev–Trinajstić information content (AvgIpc) is 2.55. The molecule has 2 unspecified atom stereocenters. The summed E-state index contributed by atoms with van der Waals surface area (Å²) >= 11 is 0. The van der Waals surface area contributed by atoms with Crippen molar-refractivity contribution in [3.63, 3.8) is 0 Å². The molecule has 116 valence electrons. The Morgan fingerprint density at radius 1 is 1.23 bits per heavy atom. The van der Waals surface area contributed by atoms with Gasteiger partial charge in [-0.3, -0.25) is 9.59 Å². The van der Waals surface area contributed by atoms with Crippen LogP contribution >= 0.6 is 0 Å². The number of nitrogens with zero attached hydrogens (tertiary/aromatic N) is 2. The number of para-hydroxylation sites is 1. The van der Waals surface area contributed by atoms with Crippen molar-refractivity contribution in [1.29, 1.82) is 0 Å². The van der Waals surface area contributed by atoms with Crippen LogP contribution in [0.2, 0.25) is 0 Å². The van der Waals surface area contributed by atoms with Crippen molar-refractivity contribution in [2.24, 2.45) is 5.92 Å². The molecule has 22 heavy (non-hydrogen) atoms. The predicted molar refractivity (Wildman–Crippen MR) is 83.0 cm³/mol. The highest BCUT2D eigenvalue weighted by Gasteiger charge is 2.17. The van der Waals surface area contributed by atoms with Crippen LogP contribution in [0.15, 0.2) is 47.3 Å². The molecule has 2 atom stereocenters. The number of carbonyl (C=O) groups excluding carboxylic acids is 1. The molecule has 1 aromatic carbocycles. The fourth-order valence-corrected chi connectivity index (χ4v) is 1.87. The monoisotopic (exact) mass is 301 g/mol. The number of aromatic nitrogens is 2. The van der Waals surface area contributed by atoms with Crippen molar-refractivity contribution in [2.75, 3.05) is 6.61 Å². The summed E-state index contributed by atoms with van der Waals surface area (Å²) in [6.45, 7) is 3.63. The highest BCUT2D eigenvalue weighted by Crippen LogP contribution is 2.05. The van der Waals surface area contributed by atoms with E-state index in [9.17, 15) is 9.59 Å². The lowest BCUT2D eigenvalue weighted by atomic mass is 10.1. The second-order valence-corrected chi connectivity index (χ2v) is 5.23. The number of carbonyl (C=O) groups is 1. The molecule has 0 saturated heterocycles. The lowest BCUT2D eigenvalue weighted by Gasteiger charge is -2.19. The quantitative estimate of drug-likeness (QED) is 0.862. The first-order chi connectivity index (χ1) is 10.5. The van der Waals surface area contributed by atoms with Gasteiger partial charge in [-0.15, -0.1) is 0 Å². The third-order valence-electron chi connectivity index (χ3n) is 3.53. The topological polar surface area (TPSA) is 84.2 Å². The molecule has 6 nitrogen and oxygen atoms in total. The van der Waals surface area contributed by atoms with E-state index in [1.807, 2.05) is 19.9 Å². The summed E-state index contributed by atoms with van der Waals surface area (Å²) in [4.78, 5) is 24.1. The van der Waals surface area contributed by atoms with Gasteiger partial charge in [0.2, 0.25) is 0 Å². The smallest absolute Gasteiger partial charge is 0.271 e. The number of benzene rings is 1. The van der Waals surface area contributed by atoms with Crippen molar-refractivity contribution in [2.45, 2.75) is 19.9 Å². The van der Waals surface area contributed by atoms with Crippen LogP contribution in [0.4, 0.5) is 0 Å². The fraction of sp³-hybridized carbons (Fsp3) is 0.312. The highest BCUT2D eigenvalue weighted by molar-refractivity contribution is 5.92. The van der Waals surface area contributed by atoms with E-state index < -0.39 is 0 Å². The number of rotatable bonds is 5. The maximum atomic E-state index is 12.2. The van der Waals surface area contributed by atoms with E-state index in [2.05, 4.69) is 10.4 Å². The molecule has 0 aliphatic carbocycles. The number of hydrogen-bond donors (Lipinski definition) is 2. The maximum absolute atomic E-state index is 12.2. The van der Waals surface area contributed by atoms with Crippen LogP contribution in [0.3, 0.4) is 0 Å². The van der Waals surface area contributed by atoms with Gasteiger partial charge < -0.3 is 10.4 Å². The van der Waals surface area contributed by atoms with E-state index in [0.29, 0.717) is 5.69 Å². The van der Waals surface area contributed by atoms with Gasteiger partial charge in [-0.05, 0) is 31.0 Å². The Morgan fingerprint density at radius 2 is 1.91 bits per heavy atom. The largest absolute Gasteiger partial charge is 0.396 e. The Kier molecular flexibility index (Phi) is 5.06. The van der Waals surface area contributed by atoms with Crippen LogP contribution in [0.1, 0.15) is 24.3 Å². The summed E-state index contributed by atoms with van der Waals surface area (Å²) in [6.07, 6.45) is 0. The minimum Gasteiger partial charge on any atom is -0.396 e. The van der Waals surface area contributed by atoms with Crippen molar-refractivity contribution < 1.29 is 9.90 Å². The van der Waals surface area contributed by atoms with E-state index in [1.54, 1.807) is 24.3 Å². The van der Waals surface area contributed by atoms with E-state index in [-0.39, 0.29) is 35.7 Å². The Hall–Kier alpha value is -2.47. The predicted octanol–water partition coefficient (Wildman–Crippen LogP) is 0.979. The summed E-state index contributed by atoms with van der Waals surface area (Å²) in [5.41, 5.74) is 0.443. The van der Waals surface area contributed by atoms with Crippen LogP contribution < -0.4 is 10.9 Å². The first-order valence-electron chi connectivity index (χ1n) is 7.10. The highest BCUT2D eigenvalue weighted by atomic mass is 16.3. The standard InChI is InChI=1S/C16H19N3O3/c1-11(10-20)12(2)17-16(22)14-8-9-15(21)19(18-14)13-6-4-3-5-7-13/h3-9,11-12,20H,10H2,1-2H3,(H,17,22). The Labute approximate surface area is 128 Å². The molecule has 1 amide bonds. The third kappa shape index (κ3) is 3.59. The lowest BCUT2D eigenvalue weighted by Crippen LogP contribution is -2.39. The van der Waals surface area contributed by atoms with Gasteiger partial charge in [0, 0.05) is 18.7 Å². The third-order valence-corrected chi connectivity index (χ3v) is 3.53. The normalized spacial score (nSPS) is 13.4. The molecule has 0 spiro atoms. The minimum absolute atomic E-state index is 0.0155. The molecular formula is C16H19N3O3. The molecule has 0 radical (unpaired) electrons. The number of nitrogens with one attached hydrogen (secondary N) is 1. The first kappa shape index (κ1) is 15.9. The van der Waals surface area contributed by atoms with Crippen molar-refractivity contribution in [3.05, 3.63) is 58.5 Å². The zero-order valence-corrected chi connectivity index (χ0v) is 12.6.